The van der Waals surface area contributed by atoms with Gasteiger partial charge in [-0.05, 0) is 84.4 Å². The maximum atomic E-state index is 12.9. The van der Waals surface area contributed by atoms with Crippen molar-refractivity contribution >= 4 is 17.3 Å². The molecule has 2 heterocycles. The fraction of sp³-hybridized carbons (Fsp3) is 0.308. The van der Waals surface area contributed by atoms with Gasteiger partial charge in [0.2, 0.25) is 0 Å². The summed E-state index contributed by atoms with van der Waals surface area (Å²) in [5, 5.41) is 6.82. The Morgan fingerprint density at radius 3 is 2.70 bits per heavy atom. The van der Waals surface area contributed by atoms with Gasteiger partial charge in [-0.1, -0.05) is 30.3 Å². The molecule has 4 heteroatoms. The number of nitrogens with one attached hydrogen (secondary N) is 2. The Labute approximate surface area is 176 Å². The second-order valence-electron chi connectivity index (χ2n) is 8.97. The lowest BCUT2D eigenvalue weighted by Gasteiger charge is -2.43. The van der Waals surface area contributed by atoms with Gasteiger partial charge in [-0.15, -0.1) is 0 Å². The highest BCUT2D eigenvalue weighted by Gasteiger charge is 2.53. The van der Waals surface area contributed by atoms with Crippen LogP contribution in [0, 0.1) is 17.8 Å². The molecular weight excluding hydrogens is 370 g/mol. The summed E-state index contributed by atoms with van der Waals surface area (Å²) in [6, 6.07) is 21.1. The minimum atomic E-state index is -0.0734. The number of amides is 1. The van der Waals surface area contributed by atoms with Gasteiger partial charge in [0.25, 0.3) is 5.91 Å². The minimum absolute atomic E-state index is 0.0734. The van der Waals surface area contributed by atoms with Crippen molar-refractivity contribution in [2.75, 3.05) is 10.6 Å². The number of benzene rings is 2. The van der Waals surface area contributed by atoms with E-state index in [2.05, 4.69) is 58.1 Å². The standard InChI is InChI=1S/C26H25N3O/c30-26(28-20-7-4-12-27-15-20)19-10-11-22-21(14-19)23-17-8-9-18(13-17)24(23)25(29-22)16-5-2-1-3-6-16/h1-7,10-12,14-15,17-18,23-25,29H,8-9,13H2,(H,28,30)/t17-,18-,23-,24+,25+/m0/s1. The van der Waals surface area contributed by atoms with Crippen molar-refractivity contribution in [2.45, 2.75) is 31.2 Å². The van der Waals surface area contributed by atoms with E-state index in [9.17, 15) is 4.79 Å². The topological polar surface area (TPSA) is 54.0 Å². The van der Waals surface area contributed by atoms with E-state index in [1.807, 2.05) is 18.2 Å². The molecule has 2 aromatic carbocycles. The molecule has 3 aliphatic rings. The maximum absolute atomic E-state index is 12.9. The van der Waals surface area contributed by atoms with Crippen LogP contribution in [0.1, 0.15) is 52.7 Å². The molecule has 2 aliphatic carbocycles. The van der Waals surface area contributed by atoms with Crippen LogP contribution >= 0.6 is 0 Å². The summed E-state index contributed by atoms with van der Waals surface area (Å²) in [5.41, 5.74) is 5.34. The third-order valence-corrected chi connectivity index (χ3v) is 7.43. The fourth-order valence-electron chi connectivity index (χ4n) is 6.26. The van der Waals surface area contributed by atoms with Crippen LogP contribution in [-0.2, 0) is 0 Å². The summed E-state index contributed by atoms with van der Waals surface area (Å²) in [7, 11) is 0. The molecule has 0 saturated heterocycles. The van der Waals surface area contributed by atoms with Gasteiger partial charge in [0.05, 0.1) is 17.9 Å². The molecule has 4 nitrogen and oxygen atoms in total. The average Bonchev–Trinajstić information content (AvgIpc) is 3.42. The van der Waals surface area contributed by atoms with E-state index in [-0.39, 0.29) is 5.91 Å². The van der Waals surface area contributed by atoms with Crippen LogP contribution in [0.5, 0.6) is 0 Å². The molecule has 2 bridgehead atoms. The first-order valence-corrected chi connectivity index (χ1v) is 10.9. The molecule has 2 fully saturated rings. The molecule has 1 amide bonds. The first-order valence-electron chi connectivity index (χ1n) is 10.9. The van der Waals surface area contributed by atoms with E-state index < -0.39 is 0 Å². The summed E-state index contributed by atoms with van der Waals surface area (Å²) in [4.78, 5) is 17.0. The Balaban J connectivity index is 1.36. The average molecular weight is 396 g/mol. The molecule has 0 radical (unpaired) electrons. The van der Waals surface area contributed by atoms with Gasteiger partial charge in [-0.3, -0.25) is 9.78 Å². The van der Waals surface area contributed by atoms with Gasteiger partial charge < -0.3 is 10.6 Å². The lowest BCUT2D eigenvalue weighted by atomic mass is 9.68. The number of aromatic nitrogens is 1. The number of carbonyl (C=O) groups excluding carboxylic acids is 1. The number of hydrogen-bond donors (Lipinski definition) is 2. The first-order chi connectivity index (χ1) is 14.8. The number of carbonyl (C=O) groups is 1. The highest BCUT2D eigenvalue weighted by molar-refractivity contribution is 6.04. The van der Waals surface area contributed by atoms with Crippen molar-refractivity contribution in [2.24, 2.45) is 17.8 Å². The van der Waals surface area contributed by atoms with Crippen molar-refractivity contribution in [3.05, 3.63) is 89.7 Å². The van der Waals surface area contributed by atoms with Gasteiger partial charge in [-0.2, -0.15) is 0 Å². The van der Waals surface area contributed by atoms with Crippen LogP contribution in [0.15, 0.2) is 73.1 Å². The van der Waals surface area contributed by atoms with Crippen LogP contribution in [-0.4, -0.2) is 10.9 Å². The number of anilines is 2. The molecule has 5 atom stereocenters. The van der Waals surface area contributed by atoms with Crippen molar-refractivity contribution in [3.8, 4) is 0 Å². The van der Waals surface area contributed by atoms with E-state index in [1.165, 1.54) is 36.1 Å². The minimum Gasteiger partial charge on any atom is -0.378 e. The molecular formula is C26H25N3O. The predicted octanol–water partition coefficient (Wildman–Crippen LogP) is 5.63. The largest absolute Gasteiger partial charge is 0.378 e. The zero-order valence-corrected chi connectivity index (χ0v) is 16.8. The number of nitrogens with zero attached hydrogens (tertiary/aromatic N) is 1. The lowest BCUT2D eigenvalue weighted by Crippen LogP contribution is -2.35. The van der Waals surface area contributed by atoms with Crippen molar-refractivity contribution < 1.29 is 4.79 Å². The molecule has 150 valence electrons. The molecule has 30 heavy (non-hydrogen) atoms. The van der Waals surface area contributed by atoms with E-state index in [1.54, 1.807) is 12.4 Å². The van der Waals surface area contributed by atoms with Crippen LogP contribution < -0.4 is 10.6 Å². The highest BCUT2D eigenvalue weighted by atomic mass is 16.1. The zero-order chi connectivity index (χ0) is 20.1. The quantitative estimate of drug-likeness (QED) is 0.604. The van der Waals surface area contributed by atoms with Crippen LogP contribution in [0.3, 0.4) is 0 Å². The second-order valence-corrected chi connectivity index (χ2v) is 8.97. The summed E-state index contributed by atoms with van der Waals surface area (Å²) < 4.78 is 0. The summed E-state index contributed by atoms with van der Waals surface area (Å²) in [5.74, 6) is 2.59. The van der Waals surface area contributed by atoms with E-state index >= 15 is 0 Å². The third-order valence-electron chi connectivity index (χ3n) is 7.43. The van der Waals surface area contributed by atoms with Gasteiger partial charge in [-0.25, -0.2) is 0 Å². The Morgan fingerprint density at radius 1 is 1.00 bits per heavy atom. The third kappa shape index (κ3) is 2.82. The summed E-state index contributed by atoms with van der Waals surface area (Å²) in [6.45, 7) is 0. The number of pyridine rings is 1. The Bertz CT molecular complexity index is 1080. The number of fused-ring (bicyclic) bond motifs is 7. The van der Waals surface area contributed by atoms with Gasteiger partial charge in [0, 0.05) is 17.4 Å². The zero-order valence-electron chi connectivity index (χ0n) is 16.8. The van der Waals surface area contributed by atoms with E-state index in [0.717, 1.165) is 23.1 Å². The normalized spacial score (nSPS) is 28.3. The van der Waals surface area contributed by atoms with Crippen molar-refractivity contribution in [3.63, 3.8) is 0 Å². The van der Waals surface area contributed by atoms with E-state index in [0.29, 0.717) is 17.9 Å². The highest BCUT2D eigenvalue weighted by Crippen LogP contribution is 2.63. The Hall–Kier alpha value is -3.14. The Kier molecular flexibility index (Phi) is 4.12. The van der Waals surface area contributed by atoms with Gasteiger partial charge >= 0.3 is 0 Å². The van der Waals surface area contributed by atoms with Gasteiger partial charge in [0.1, 0.15) is 0 Å². The molecule has 3 aromatic rings. The monoisotopic (exact) mass is 395 g/mol. The maximum Gasteiger partial charge on any atom is 0.255 e. The van der Waals surface area contributed by atoms with Crippen LogP contribution in [0.4, 0.5) is 11.4 Å². The fourth-order valence-corrected chi connectivity index (χ4v) is 6.26. The molecule has 2 N–H and O–H groups in total. The molecule has 0 spiro atoms. The first kappa shape index (κ1) is 17.7. The predicted molar refractivity (Wildman–Crippen MR) is 118 cm³/mol. The molecule has 1 aliphatic heterocycles. The van der Waals surface area contributed by atoms with Crippen LogP contribution in [0.25, 0.3) is 0 Å². The number of rotatable bonds is 3. The summed E-state index contributed by atoms with van der Waals surface area (Å²) in [6.07, 6.45) is 7.37. The smallest absolute Gasteiger partial charge is 0.255 e. The molecule has 1 aromatic heterocycles. The Morgan fingerprint density at radius 2 is 1.87 bits per heavy atom. The van der Waals surface area contributed by atoms with Crippen LogP contribution in [0.2, 0.25) is 0 Å². The number of hydrogen-bond acceptors (Lipinski definition) is 3. The lowest BCUT2D eigenvalue weighted by molar-refractivity contribution is 0.102. The van der Waals surface area contributed by atoms with Crippen molar-refractivity contribution in [1.82, 2.24) is 4.98 Å². The SMILES string of the molecule is O=C(Nc1cccnc1)c1ccc2c(c1)[C@@H]1[C@H]3CC[C@@H](C3)[C@H]1[C@@H](c1ccccc1)N2. The molecule has 2 saturated carbocycles. The molecule has 6 rings (SSSR count). The van der Waals surface area contributed by atoms with Crippen molar-refractivity contribution in [1.29, 1.82) is 0 Å². The molecule has 0 unspecified atom stereocenters. The van der Waals surface area contributed by atoms with Gasteiger partial charge in [0.15, 0.2) is 0 Å². The second kappa shape index (κ2) is 6.98. The van der Waals surface area contributed by atoms with E-state index in [4.69, 9.17) is 0 Å². The summed E-state index contributed by atoms with van der Waals surface area (Å²) >= 11 is 0.